The number of hydrogen-bond donors (Lipinski definition) is 0. The number of Topliss-reactive ketones (excluding diaryl/α,β-unsaturated/α-hetero) is 1. The predicted molar refractivity (Wildman–Crippen MR) is 185 cm³/mol. The van der Waals surface area contributed by atoms with E-state index in [2.05, 4.69) is 101 Å². The topological polar surface area (TPSA) is 44.8 Å². The molecule has 0 fully saturated rings. The molecule has 45 heavy (non-hydrogen) atoms. The van der Waals surface area contributed by atoms with Crippen LogP contribution in [0.3, 0.4) is 0 Å². The van der Waals surface area contributed by atoms with E-state index in [0.717, 1.165) is 53.2 Å². The summed E-state index contributed by atoms with van der Waals surface area (Å²) in [5.41, 5.74) is 4.70. The Kier molecular flexibility index (Phi) is 9.82. The van der Waals surface area contributed by atoms with Crippen LogP contribution in [0.1, 0.15) is 81.5 Å². The predicted octanol–water partition coefficient (Wildman–Crippen LogP) is 10.4. The highest BCUT2D eigenvalue weighted by Gasteiger charge is 2.37. The summed E-state index contributed by atoms with van der Waals surface area (Å²) >= 11 is 0. The fraction of sp³-hybridized carbons (Fsp3) is 0.341. The lowest BCUT2D eigenvalue weighted by molar-refractivity contribution is -0.119. The highest BCUT2D eigenvalue weighted by Crippen LogP contribution is 2.45. The van der Waals surface area contributed by atoms with Crippen molar-refractivity contribution in [2.45, 2.75) is 71.8 Å². The Balaban J connectivity index is 1.28. The average Bonchev–Trinajstić information content (AvgIpc) is 3.05. The third-order valence-corrected chi connectivity index (χ3v) is 9.22. The number of allylic oxidation sites excluding steroid dienone is 1. The molecular formula is C41H46O4. The molecule has 234 valence electrons. The summed E-state index contributed by atoms with van der Waals surface area (Å²) < 4.78 is 18.5. The van der Waals surface area contributed by atoms with Gasteiger partial charge in [0.05, 0.1) is 13.7 Å². The van der Waals surface area contributed by atoms with Crippen LogP contribution in [-0.2, 0) is 10.4 Å². The van der Waals surface area contributed by atoms with Gasteiger partial charge in [0.15, 0.2) is 5.60 Å². The number of aryl methyl sites for hydroxylation is 1. The van der Waals surface area contributed by atoms with Crippen LogP contribution in [0.15, 0.2) is 97.1 Å². The van der Waals surface area contributed by atoms with Crippen molar-refractivity contribution >= 4 is 22.6 Å². The minimum Gasteiger partial charge on any atom is -0.497 e. The quantitative estimate of drug-likeness (QED) is 0.106. The van der Waals surface area contributed by atoms with Crippen molar-refractivity contribution in [2.24, 2.45) is 5.41 Å². The molecule has 0 N–H and O–H groups in total. The highest BCUT2D eigenvalue weighted by molar-refractivity contribution is 5.96. The van der Waals surface area contributed by atoms with Gasteiger partial charge in [-0.3, -0.25) is 4.79 Å². The summed E-state index contributed by atoms with van der Waals surface area (Å²) in [6.07, 6.45) is 9.09. The first-order valence-electron chi connectivity index (χ1n) is 16.2. The van der Waals surface area contributed by atoms with Crippen LogP contribution in [0, 0.1) is 12.3 Å². The monoisotopic (exact) mass is 602 g/mol. The maximum Gasteiger partial charge on any atom is 0.178 e. The molecule has 0 bridgehead atoms. The van der Waals surface area contributed by atoms with Gasteiger partial charge in [0, 0.05) is 29.5 Å². The standard InChI is InChI=1S/C41H46O4/c1-7-25-40(4,5)30(3)14-19-33(42)11-10-27-44-35-22-17-32(18-23-35)41(31-15-20-34(43-6)21-16-31)26-24-38-37-13-9-8-12-36(37)29(2)28-39(38)45-41/h8-9,12-13,15-18,20-24,26,28H,3,7,10-11,14,19,25,27H2,1-2,4-6H3. The van der Waals surface area contributed by atoms with Gasteiger partial charge in [0.2, 0.25) is 0 Å². The first kappa shape index (κ1) is 32.1. The molecule has 0 aromatic heterocycles. The smallest absolute Gasteiger partial charge is 0.178 e. The van der Waals surface area contributed by atoms with Gasteiger partial charge in [0.1, 0.15) is 23.0 Å². The van der Waals surface area contributed by atoms with Crippen molar-refractivity contribution in [3.05, 3.63) is 119 Å². The van der Waals surface area contributed by atoms with E-state index < -0.39 is 5.60 Å². The van der Waals surface area contributed by atoms with Crippen LogP contribution < -0.4 is 14.2 Å². The van der Waals surface area contributed by atoms with Crippen LogP contribution in [-0.4, -0.2) is 19.5 Å². The fourth-order valence-corrected chi connectivity index (χ4v) is 6.34. The van der Waals surface area contributed by atoms with Crippen molar-refractivity contribution in [1.82, 2.24) is 0 Å². The fourth-order valence-electron chi connectivity index (χ4n) is 6.34. The number of carbonyl (C=O) groups is 1. The Hall–Kier alpha value is -4.31. The molecule has 1 aliphatic heterocycles. The molecule has 5 rings (SSSR count). The van der Waals surface area contributed by atoms with Crippen LogP contribution in [0.4, 0.5) is 0 Å². The third kappa shape index (κ3) is 7.01. The maximum absolute atomic E-state index is 12.5. The molecule has 0 amide bonds. The highest BCUT2D eigenvalue weighted by atomic mass is 16.5. The molecule has 0 saturated heterocycles. The lowest BCUT2D eigenvalue weighted by Crippen LogP contribution is -2.34. The summed E-state index contributed by atoms with van der Waals surface area (Å²) in [6.45, 7) is 13.5. The number of fused-ring (bicyclic) bond motifs is 3. The Bertz CT molecular complexity index is 1680. The minimum atomic E-state index is -0.825. The van der Waals surface area contributed by atoms with E-state index in [0.29, 0.717) is 25.9 Å². The first-order valence-corrected chi connectivity index (χ1v) is 16.2. The lowest BCUT2D eigenvalue weighted by Gasteiger charge is -2.36. The van der Waals surface area contributed by atoms with E-state index >= 15 is 0 Å². The summed E-state index contributed by atoms with van der Waals surface area (Å²) in [6, 6.07) is 26.8. The SMILES string of the molecule is C=C(CCC(=O)CCCOc1ccc(C2(c3ccc(OC)cc3)C=Cc3c(cc(C)c4ccccc34)O2)cc1)C(C)(C)CCC. The van der Waals surface area contributed by atoms with E-state index in [1.807, 2.05) is 24.3 Å². The number of ether oxygens (including phenoxy) is 3. The van der Waals surface area contributed by atoms with Crippen LogP contribution in [0.25, 0.3) is 16.8 Å². The number of methoxy groups -OCH3 is 1. The van der Waals surface area contributed by atoms with E-state index in [1.54, 1.807) is 7.11 Å². The minimum absolute atomic E-state index is 0.0887. The Labute approximate surface area is 268 Å². The molecule has 4 nitrogen and oxygen atoms in total. The van der Waals surface area contributed by atoms with E-state index in [9.17, 15) is 4.79 Å². The number of ketones is 1. The number of hydrogen-bond acceptors (Lipinski definition) is 4. The van der Waals surface area contributed by atoms with E-state index in [4.69, 9.17) is 14.2 Å². The molecule has 1 atom stereocenters. The van der Waals surface area contributed by atoms with E-state index in [1.165, 1.54) is 21.9 Å². The molecule has 1 aliphatic rings. The first-order chi connectivity index (χ1) is 21.7. The molecule has 0 aliphatic carbocycles. The second kappa shape index (κ2) is 13.8. The molecule has 0 spiro atoms. The summed E-state index contributed by atoms with van der Waals surface area (Å²) in [7, 11) is 1.67. The summed E-state index contributed by atoms with van der Waals surface area (Å²) in [5.74, 6) is 2.69. The van der Waals surface area contributed by atoms with Gasteiger partial charge in [-0.05, 0) is 90.4 Å². The molecule has 4 aromatic carbocycles. The van der Waals surface area contributed by atoms with Crippen LogP contribution in [0.2, 0.25) is 0 Å². The van der Waals surface area contributed by atoms with Gasteiger partial charge in [-0.2, -0.15) is 0 Å². The molecule has 4 heteroatoms. The van der Waals surface area contributed by atoms with Gasteiger partial charge < -0.3 is 14.2 Å². The zero-order valence-electron chi connectivity index (χ0n) is 27.5. The number of rotatable bonds is 14. The molecule has 0 saturated carbocycles. The van der Waals surface area contributed by atoms with Gasteiger partial charge >= 0.3 is 0 Å². The normalized spacial score (nSPS) is 15.8. The third-order valence-electron chi connectivity index (χ3n) is 9.22. The van der Waals surface area contributed by atoms with Crippen LogP contribution in [0.5, 0.6) is 17.2 Å². The molecule has 0 radical (unpaired) electrons. The van der Waals surface area contributed by atoms with Gasteiger partial charge in [0.25, 0.3) is 0 Å². The maximum atomic E-state index is 12.5. The van der Waals surface area contributed by atoms with Crippen molar-refractivity contribution in [2.75, 3.05) is 13.7 Å². The van der Waals surface area contributed by atoms with Crippen molar-refractivity contribution in [3.8, 4) is 17.2 Å². The van der Waals surface area contributed by atoms with Gasteiger partial charge in [-0.15, -0.1) is 0 Å². The second-order valence-corrected chi connectivity index (χ2v) is 12.8. The van der Waals surface area contributed by atoms with Crippen LogP contribution >= 0.6 is 0 Å². The largest absolute Gasteiger partial charge is 0.497 e. The van der Waals surface area contributed by atoms with Gasteiger partial charge in [-0.1, -0.05) is 87.9 Å². The molecule has 1 heterocycles. The van der Waals surface area contributed by atoms with Crippen molar-refractivity contribution in [1.29, 1.82) is 0 Å². The Morgan fingerprint density at radius 2 is 1.53 bits per heavy atom. The number of benzene rings is 4. The molecular weight excluding hydrogens is 556 g/mol. The zero-order valence-corrected chi connectivity index (χ0v) is 27.5. The second-order valence-electron chi connectivity index (χ2n) is 12.8. The molecule has 1 unspecified atom stereocenters. The summed E-state index contributed by atoms with van der Waals surface area (Å²) in [5, 5.41) is 2.41. The zero-order chi connectivity index (χ0) is 32.0. The van der Waals surface area contributed by atoms with Crippen molar-refractivity contribution < 1.29 is 19.0 Å². The number of carbonyl (C=O) groups excluding carboxylic acids is 1. The van der Waals surface area contributed by atoms with Crippen molar-refractivity contribution in [3.63, 3.8) is 0 Å². The van der Waals surface area contributed by atoms with Gasteiger partial charge in [-0.25, -0.2) is 0 Å². The summed E-state index contributed by atoms with van der Waals surface area (Å²) in [4.78, 5) is 12.5. The Morgan fingerprint density at radius 1 is 0.889 bits per heavy atom. The lowest BCUT2D eigenvalue weighted by atomic mass is 9.79. The average molecular weight is 603 g/mol. The Morgan fingerprint density at radius 3 is 2.18 bits per heavy atom. The molecule has 4 aromatic rings. The van der Waals surface area contributed by atoms with E-state index in [-0.39, 0.29) is 11.2 Å².